The van der Waals surface area contributed by atoms with Crippen molar-refractivity contribution < 1.29 is 19.5 Å². The maximum atomic E-state index is 11.8. The summed E-state index contributed by atoms with van der Waals surface area (Å²) < 4.78 is 0. The third-order valence-electron chi connectivity index (χ3n) is 2.76. The number of amides is 3. The van der Waals surface area contributed by atoms with Gasteiger partial charge >= 0.3 is 12.0 Å². The predicted octanol–water partition coefficient (Wildman–Crippen LogP) is -1.85. The molecule has 110 valence electrons. The molecule has 0 atom stereocenters. The van der Waals surface area contributed by atoms with Gasteiger partial charge in [-0.3, -0.25) is 9.59 Å². The van der Waals surface area contributed by atoms with E-state index in [9.17, 15) is 14.4 Å². The number of hydrogen-bond acceptors (Lipinski definition) is 4. The number of carboxylic acids is 1. The Labute approximate surface area is 117 Å². The number of carboxylic acid groups (broad SMARTS) is 1. The lowest BCUT2D eigenvalue weighted by Crippen LogP contribution is -2.51. The highest BCUT2D eigenvalue weighted by atomic mass is 16.4. The third kappa shape index (κ3) is 5.16. The van der Waals surface area contributed by atoms with Gasteiger partial charge in [0.25, 0.3) is 0 Å². The van der Waals surface area contributed by atoms with Crippen LogP contribution in [0.25, 0.3) is 0 Å². The summed E-state index contributed by atoms with van der Waals surface area (Å²) in [6.07, 6.45) is 5.07. The maximum absolute atomic E-state index is 11.8. The first kappa shape index (κ1) is 15.8. The summed E-state index contributed by atoms with van der Waals surface area (Å²) in [7, 11) is 0. The van der Waals surface area contributed by atoms with Crippen molar-refractivity contribution in [2.45, 2.75) is 0 Å². The van der Waals surface area contributed by atoms with Crippen molar-refractivity contribution in [3.05, 3.63) is 0 Å². The smallest absolute Gasteiger partial charge is 0.323 e. The molecule has 1 fully saturated rings. The van der Waals surface area contributed by atoms with Crippen LogP contribution in [0.15, 0.2) is 0 Å². The van der Waals surface area contributed by atoms with Crippen LogP contribution < -0.4 is 10.6 Å². The van der Waals surface area contributed by atoms with E-state index in [0.717, 1.165) is 18.0 Å². The van der Waals surface area contributed by atoms with Crippen LogP contribution in [0.2, 0.25) is 0 Å². The molecule has 0 radical (unpaired) electrons. The van der Waals surface area contributed by atoms with Gasteiger partial charge in [-0.1, -0.05) is 5.92 Å². The van der Waals surface area contributed by atoms with Crippen molar-refractivity contribution in [3.8, 4) is 12.3 Å². The monoisotopic (exact) mass is 282 g/mol. The fourth-order valence-corrected chi connectivity index (χ4v) is 1.76. The Kier molecular flexibility index (Phi) is 6.32. The van der Waals surface area contributed by atoms with Crippen molar-refractivity contribution >= 4 is 17.9 Å². The summed E-state index contributed by atoms with van der Waals surface area (Å²) in [4.78, 5) is 36.7. The Hall–Kier alpha value is -2.27. The van der Waals surface area contributed by atoms with Gasteiger partial charge in [-0.15, -0.1) is 6.42 Å². The minimum Gasteiger partial charge on any atom is -0.480 e. The number of carbonyl (C=O) groups excluding carboxylic acids is 2. The topological polar surface area (TPSA) is 102 Å². The van der Waals surface area contributed by atoms with Gasteiger partial charge in [-0.25, -0.2) is 4.79 Å². The first-order chi connectivity index (χ1) is 9.54. The molecule has 0 aromatic rings. The summed E-state index contributed by atoms with van der Waals surface area (Å²) in [5.74, 6) is 0.842. The number of urea groups is 1. The van der Waals surface area contributed by atoms with E-state index in [1.165, 1.54) is 0 Å². The molecule has 0 spiro atoms. The molecular formula is C12H18N4O4. The van der Waals surface area contributed by atoms with Gasteiger partial charge in [-0.05, 0) is 0 Å². The standard InChI is InChI=1S/C12H18N4O4/c1-2-5-16(9-11(18)19)12(20)14-8-10(17)15-6-3-13-4-7-15/h1,13H,3-9H2,(H,14,20)(H,18,19). The third-order valence-corrected chi connectivity index (χ3v) is 2.76. The molecule has 8 heteroatoms. The Morgan fingerprint density at radius 1 is 1.35 bits per heavy atom. The van der Waals surface area contributed by atoms with E-state index in [0.29, 0.717) is 13.1 Å². The highest BCUT2D eigenvalue weighted by Gasteiger charge is 2.19. The second kappa shape index (κ2) is 8.01. The van der Waals surface area contributed by atoms with Crippen LogP contribution in [0.4, 0.5) is 4.79 Å². The zero-order valence-electron chi connectivity index (χ0n) is 11.1. The Bertz CT molecular complexity index is 412. The maximum Gasteiger partial charge on any atom is 0.323 e. The van der Waals surface area contributed by atoms with Crippen LogP contribution in [0, 0.1) is 12.3 Å². The quantitative estimate of drug-likeness (QED) is 0.514. The predicted molar refractivity (Wildman–Crippen MR) is 70.9 cm³/mol. The van der Waals surface area contributed by atoms with Gasteiger partial charge in [-0.2, -0.15) is 0 Å². The first-order valence-corrected chi connectivity index (χ1v) is 6.21. The van der Waals surface area contributed by atoms with Crippen LogP contribution in [0.1, 0.15) is 0 Å². The second-order valence-corrected chi connectivity index (χ2v) is 4.24. The van der Waals surface area contributed by atoms with E-state index in [1.807, 2.05) is 0 Å². The number of hydrogen-bond donors (Lipinski definition) is 3. The van der Waals surface area contributed by atoms with Crippen molar-refractivity contribution in [1.29, 1.82) is 0 Å². The molecule has 0 aromatic carbocycles. The number of aliphatic carboxylic acids is 1. The molecule has 1 rings (SSSR count). The molecule has 1 heterocycles. The average molecular weight is 282 g/mol. The molecule has 1 aliphatic rings. The zero-order valence-corrected chi connectivity index (χ0v) is 11.1. The number of nitrogens with one attached hydrogen (secondary N) is 2. The number of nitrogens with zero attached hydrogens (tertiary/aromatic N) is 2. The molecule has 0 saturated carbocycles. The van der Waals surface area contributed by atoms with Gasteiger partial charge in [0.15, 0.2) is 0 Å². The lowest BCUT2D eigenvalue weighted by Gasteiger charge is -2.28. The van der Waals surface area contributed by atoms with Crippen LogP contribution >= 0.6 is 0 Å². The number of rotatable bonds is 5. The molecular weight excluding hydrogens is 264 g/mol. The highest BCUT2D eigenvalue weighted by Crippen LogP contribution is 1.94. The molecule has 20 heavy (non-hydrogen) atoms. The SMILES string of the molecule is C#CCN(CC(=O)O)C(=O)NCC(=O)N1CCNCC1. The highest BCUT2D eigenvalue weighted by molar-refractivity contribution is 5.85. The van der Waals surface area contributed by atoms with E-state index >= 15 is 0 Å². The van der Waals surface area contributed by atoms with E-state index in [2.05, 4.69) is 16.6 Å². The van der Waals surface area contributed by atoms with Crippen LogP contribution in [-0.2, 0) is 9.59 Å². The van der Waals surface area contributed by atoms with Gasteiger partial charge in [0.2, 0.25) is 5.91 Å². The van der Waals surface area contributed by atoms with Gasteiger partial charge in [0.05, 0.1) is 13.1 Å². The molecule has 1 aliphatic heterocycles. The summed E-state index contributed by atoms with van der Waals surface area (Å²) in [5.41, 5.74) is 0. The van der Waals surface area contributed by atoms with Gasteiger partial charge in [0, 0.05) is 26.2 Å². The Morgan fingerprint density at radius 2 is 2.00 bits per heavy atom. The molecule has 1 saturated heterocycles. The summed E-state index contributed by atoms with van der Waals surface area (Å²) >= 11 is 0. The van der Waals surface area contributed by atoms with Crippen molar-refractivity contribution in [2.24, 2.45) is 0 Å². The summed E-state index contributed by atoms with van der Waals surface area (Å²) in [6.45, 7) is 1.84. The Morgan fingerprint density at radius 3 is 2.55 bits per heavy atom. The summed E-state index contributed by atoms with van der Waals surface area (Å²) in [5, 5.41) is 14.2. The average Bonchev–Trinajstić information content (AvgIpc) is 2.44. The molecule has 0 unspecified atom stereocenters. The minimum atomic E-state index is -1.16. The zero-order chi connectivity index (χ0) is 15.0. The van der Waals surface area contributed by atoms with E-state index in [1.54, 1.807) is 4.90 Å². The summed E-state index contributed by atoms with van der Waals surface area (Å²) in [6, 6.07) is -0.658. The molecule has 8 nitrogen and oxygen atoms in total. The van der Waals surface area contributed by atoms with E-state index < -0.39 is 18.5 Å². The van der Waals surface area contributed by atoms with Gasteiger partial charge < -0.3 is 25.5 Å². The largest absolute Gasteiger partial charge is 0.480 e. The number of terminal acetylenes is 1. The second-order valence-electron chi connectivity index (χ2n) is 4.24. The number of piperazine rings is 1. The van der Waals surface area contributed by atoms with Crippen LogP contribution in [0.3, 0.4) is 0 Å². The fraction of sp³-hybridized carbons (Fsp3) is 0.583. The Balaban J connectivity index is 2.41. The van der Waals surface area contributed by atoms with Gasteiger partial charge in [0.1, 0.15) is 6.54 Å². The normalized spacial score (nSPS) is 14.2. The van der Waals surface area contributed by atoms with Crippen LogP contribution in [-0.4, -0.2) is 78.6 Å². The fourth-order valence-electron chi connectivity index (χ4n) is 1.76. The first-order valence-electron chi connectivity index (χ1n) is 6.21. The van der Waals surface area contributed by atoms with Crippen LogP contribution in [0.5, 0.6) is 0 Å². The molecule has 3 amide bonds. The lowest BCUT2D eigenvalue weighted by atomic mass is 10.3. The lowest BCUT2D eigenvalue weighted by molar-refractivity contribution is -0.137. The van der Waals surface area contributed by atoms with E-state index in [4.69, 9.17) is 11.5 Å². The minimum absolute atomic E-state index is 0.125. The van der Waals surface area contributed by atoms with E-state index in [-0.39, 0.29) is 19.0 Å². The molecule has 0 aromatic heterocycles. The number of carbonyl (C=O) groups is 3. The van der Waals surface area contributed by atoms with Crippen molar-refractivity contribution in [1.82, 2.24) is 20.4 Å². The van der Waals surface area contributed by atoms with Crippen molar-refractivity contribution in [2.75, 3.05) is 45.8 Å². The molecule has 0 bridgehead atoms. The molecule has 3 N–H and O–H groups in total. The van der Waals surface area contributed by atoms with Crippen molar-refractivity contribution in [3.63, 3.8) is 0 Å². The molecule has 0 aliphatic carbocycles.